The average molecular weight is 207 g/mol. The summed E-state index contributed by atoms with van der Waals surface area (Å²) in [5.74, 6) is 1.43. The van der Waals surface area contributed by atoms with Crippen LogP contribution in [-0.2, 0) is 4.74 Å². The third kappa shape index (κ3) is 2.88. The molecule has 0 aromatic heterocycles. The minimum Gasteiger partial charge on any atom is -0.499 e. The first-order chi connectivity index (χ1) is 7.08. The lowest BCUT2D eigenvalue weighted by Gasteiger charge is -2.24. The Labute approximate surface area is 92.5 Å². The van der Waals surface area contributed by atoms with Crippen molar-refractivity contribution in [1.29, 1.82) is 0 Å². The zero-order valence-electron chi connectivity index (χ0n) is 9.97. The lowest BCUT2D eigenvalue weighted by Crippen LogP contribution is -2.16. The number of allylic oxidation sites excluding steroid dienone is 4. The van der Waals surface area contributed by atoms with Crippen molar-refractivity contribution in [3.63, 3.8) is 0 Å². The van der Waals surface area contributed by atoms with Crippen molar-refractivity contribution in [2.24, 2.45) is 11.7 Å². The number of methoxy groups -OCH3 is 1. The lowest BCUT2D eigenvalue weighted by molar-refractivity contribution is 0.258. The molecule has 0 heterocycles. The van der Waals surface area contributed by atoms with Gasteiger partial charge in [-0.2, -0.15) is 0 Å². The highest BCUT2D eigenvalue weighted by atomic mass is 16.5. The summed E-state index contributed by atoms with van der Waals surface area (Å²) < 4.78 is 5.33. The van der Waals surface area contributed by atoms with Gasteiger partial charge in [-0.25, -0.2) is 0 Å². The molecule has 1 aliphatic carbocycles. The van der Waals surface area contributed by atoms with Gasteiger partial charge >= 0.3 is 0 Å². The summed E-state index contributed by atoms with van der Waals surface area (Å²) >= 11 is 0. The minimum atomic E-state index is 0.500. The molecule has 0 bridgehead atoms. The van der Waals surface area contributed by atoms with Gasteiger partial charge in [0.05, 0.1) is 12.8 Å². The van der Waals surface area contributed by atoms with Gasteiger partial charge in [-0.1, -0.05) is 18.6 Å². The van der Waals surface area contributed by atoms with Crippen molar-refractivity contribution in [2.45, 2.75) is 33.1 Å². The first-order valence-corrected chi connectivity index (χ1v) is 5.46. The number of rotatable bonds is 4. The molecular formula is C13H21NO. The SMILES string of the molecule is C=C(C)CC1C=C(CC)C(N)=C(OC)C1. The molecule has 0 radical (unpaired) electrons. The largest absolute Gasteiger partial charge is 0.499 e. The summed E-state index contributed by atoms with van der Waals surface area (Å²) in [5, 5.41) is 0. The first kappa shape index (κ1) is 11.9. The molecule has 0 aromatic carbocycles. The highest BCUT2D eigenvalue weighted by Gasteiger charge is 2.20. The summed E-state index contributed by atoms with van der Waals surface area (Å²) in [5.41, 5.74) is 9.26. The van der Waals surface area contributed by atoms with Crippen LogP contribution in [0.5, 0.6) is 0 Å². The zero-order valence-corrected chi connectivity index (χ0v) is 9.97. The van der Waals surface area contributed by atoms with Crippen molar-refractivity contribution in [2.75, 3.05) is 7.11 Å². The number of ether oxygens (including phenoxy) is 1. The van der Waals surface area contributed by atoms with Gasteiger partial charge in [-0.3, -0.25) is 0 Å². The Hall–Kier alpha value is -1.18. The molecule has 15 heavy (non-hydrogen) atoms. The fourth-order valence-corrected chi connectivity index (χ4v) is 2.04. The molecule has 0 saturated carbocycles. The smallest absolute Gasteiger partial charge is 0.119 e. The van der Waals surface area contributed by atoms with Crippen LogP contribution in [0.1, 0.15) is 33.1 Å². The molecule has 1 atom stereocenters. The van der Waals surface area contributed by atoms with E-state index < -0.39 is 0 Å². The van der Waals surface area contributed by atoms with Crippen molar-refractivity contribution in [3.05, 3.63) is 35.3 Å². The average Bonchev–Trinajstić information content (AvgIpc) is 2.19. The van der Waals surface area contributed by atoms with Crippen molar-refractivity contribution in [3.8, 4) is 0 Å². The molecular weight excluding hydrogens is 186 g/mol. The van der Waals surface area contributed by atoms with Gasteiger partial charge in [-0.05, 0) is 31.3 Å². The molecule has 2 N–H and O–H groups in total. The van der Waals surface area contributed by atoms with E-state index in [2.05, 4.69) is 26.5 Å². The molecule has 2 heteroatoms. The number of nitrogens with two attached hydrogens (primary N) is 1. The maximum Gasteiger partial charge on any atom is 0.119 e. The molecule has 1 unspecified atom stereocenters. The molecule has 0 saturated heterocycles. The van der Waals surface area contributed by atoms with E-state index in [4.69, 9.17) is 10.5 Å². The maximum absolute atomic E-state index is 6.00. The normalized spacial score (nSPS) is 21.3. The van der Waals surface area contributed by atoms with Crippen LogP contribution in [0.2, 0.25) is 0 Å². The molecule has 0 spiro atoms. The maximum atomic E-state index is 6.00. The van der Waals surface area contributed by atoms with Crippen LogP contribution in [0, 0.1) is 5.92 Å². The van der Waals surface area contributed by atoms with Crippen LogP contribution in [0.25, 0.3) is 0 Å². The Morgan fingerprint density at radius 1 is 1.67 bits per heavy atom. The molecule has 0 amide bonds. The third-order valence-corrected chi connectivity index (χ3v) is 2.77. The summed E-state index contributed by atoms with van der Waals surface area (Å²) in [7, 11) is 1.69. The van der Waals surface area contributed by atoms with Crippen LogP contribution in [0.15, 0.2) is 35.3 Å². The van der Waals surface area contributed by atoms with E-state index >= 15 is 0 Å². The van der Waals surface area contributed by atoms with Gasteiger partial charge in [0.2, 0.25) is 0 Å². The summed E-state index contributed by atoms with van der Waals surface area (Å²) in [6, 6.07) is 0. The monoisotopic (exact) mass is 207 g/mol. The van der Waals surface area contributed by atoms with Crippen molar-refractivity contribution < 1.29 is 4.74 Å². The highest BCUT2D eigenvalue weighted by Crippen LogP contribution is 2.31. The van der Waals surface area contributed by atoms with Gasteiger partial charge < -0.3 is 10.5 Å². The van der Waals surface area contributed by atoms with E-state index in [1.165, 1.54) is 11.1 Å². The fraction of sp³-hybridized carbons (Fsp3) is 0.538. The standard InChI is InChI=1S/C13H21NO/c1-5-11-7-10(6-9(2)3)8-12(15-4)13(11)14/h7,10H,2,5-6,8,14H2,1,3-4H3. The third-order valence-electron chi connectivity index (χ3n) is 2.77. The molecule has 0 fully saturated rings. The van der Waals surface area contributed by atoms with Gasteiger partial charge in [0.15, 0.2) is 0 Å². The first-order valence-electron chi connectivity index (χ1n) is 5.46. The van der Waals surface area contributed by atoms with Gasteiger partial charge in [0, 0.05) is 6.42 Å². The zero-order chi connectivity index (χ0) is 11.4. The second kappa shape index (κ2) is 5.06. The molecule has 0 aliphatic heterocycles. The van der Waals surface area contributed by atoms with Crippen molar-refractivity contribution >= 4 is 0 Å². The second-order valence-electron chi connectivity index (χ2n) is 4.21. The Bertz CT molecular complexity index is 312. The van der Waals surface area contributed by atoms with Crippen LogP contribution >= 0.6 is 0 Å². The highest BCUT2D eigenvalue weighted by molar-refractivity contribution is 5.35. The molecule has 1 rings (SSSR count). The van der Waals surface area contributed by atoms with E-state index in [9.17, 15) is 0 Å². The topological polar surface area (TPSA) is 35.2 Å². The Morgan fingerprint density at radius 3 is 2.80 bits per heavy atom. The Morgan fingerprint density at radius 2 is 2.33 bits per heavy atom. The van der Waals surface area contributed by atoms with Crippen LogP contribution in [0.3, 0.4) is 0 Å². The predicted molar refractivity (Wildman–Crippen MR) is 64.1 cm³/mol. The van der Waals surface area contributed by atoms with Gasteiger partial charge in [0.1, 0.15) is 5.76 Å². The summed E-state index contributed by atoms with van der Waals surface area (Å²) in [4.78, 5) is 0. The van der Waals surface area contributed by atoms with Crippen LogP contribution in [0.4, 0.5) is 0 Å². The molecule has 84 valence electrons. The van der Waals surface area contributed by atoms with Crippen LogP contribution < -0.4 is 5.73 Å². The Kier molecular flexibility index (Phi) is 4.01. The van der Waals surface area contributed by atoms with Gasteiger partial charge in [-0.15, -0.1) is 6.58 Å². The molecule has 0 aromatic rings. The second-order valence-corrected chi connectivity index (χ2v) is 4.21. The minimum absolute atomic E-state index is 0.500. The van der Waals surface area contributed by atoms with Gasteiger partial charge in [0.25, 0.3) is 0 Å². The lowest BCUT2D eigenvalue weighted by atomic mass is 9.87. The number of hydrogen-bond acceptors (Lipinski definition) is 2. The quantitative estimate of drug-likeness (QED) is 0.719. The van der Waals surface area contributed by atoms with E-state index in [1.54, 1.807) is 7.11 Å². The van der Waals surface area contributed by atoms with Crippen molar-refractivity contribution in [1.82, 2.24) is 0 Å². The molecule has 1 aliphatic rings. The summed E-state index contributed by atoms with van der Waals surface area (Å²) in [6.45, 7) is 8.14. The fourth-order valence-electron chi connectivity index (χ4n) is 2.04. The van der Waals surface area contributed by atoms with Crippen LogP contribution in [-0.4, -0.2) is 7.11 Å². The molecule has 2 nitrogen and oxygen atoms in total. The summed E-state index contributed by atoms with van der Waals surface area (Å²) in [6.07, 6.45) is 5.15. The number of hydrogen-bond donors (Lipinski definition) is 1. The Balaban J connectivity index is 2.85. The van der Waals surface area contributed by atoms with E-state index in [0.29, 0.717) is 5.92 Å². The van der Waals surface area contributed by atoms with E-state index in [0.717, 1.165) is 30.7 Å². The van der Waals surface area contributed by atoms with E-state index in [1.807, 2.05) is 0 Å². The van der Waals surface area contributed by atoms with E-state index in [-0.39, 0.29) is 0 Å². The predicted octanol–water partition coefficient (Wildman–Crippen LogP) is 3.13.